The molecule has 1 aliphatic rings. The molecule has 3 heterocycles. The maximum Gasteiger partial charge on any atom is 0.188 e. The molecular formula is C16H24IN5O2S. The number of rotatable bonds is 7. The van der Waals surface area contributed by atoms with Crippen LogP contribution in [0, 0.1) is 0 Å². The molecule has 0 unspecified atom stereocenters. The van der Waals surface area contributed by atoms with Crippen LogP contribution in [-0.4, -0.2) is 55.2 Å². The van der Waals surface area contributed by atoms with Crippen molar-refractivity contribution in [3.8, 4) is 10.8 Å². The van der Waals surface area contributed by atoms with Crippen LogP contribution in [0.25, 0.3) is 10.8 Å². The third-order valence-corrected chi connectivity index (χ3v) is 4.66. The van der Waals surface area contributed by atoms with E-state index in [0.29, 0.717) is 12.5 Å². The first kappa shape index (κ1) is 20.1. The van der Waals surface area contributed by atoms with Gasteiger partial charge in [-0.15, -0.1) is 35.3 Å². The molecule has 2 aromatic heterocycles. The molecule has 138 valence electrons. The molecule has 0 saturated carbocycles. The number of ether oxygens (including phenoxy) is 1. The smallest absolute Gasteiger partial charge is 0.188 e. The summed E-state index contributed by atoms with van der Waals surface area (Å²) in [6, 6.07) is 3.75. The number of halogens is 1. The molecule has 9 heteroatoms. The van der Waals surface area contributed by atoms with Gasteiger partial charge in [0.15, 0.2) is 16.7 Å². The normalized spacial score (nSPS) is 15.8. The predicted molar refractivity (Wildman–Crippen MR) is 110 cm³/mol. The zero-order valence-electron chi connectivity index (χ0n) is 14.0. The van der Waals surface area contributed by atoms with Crippen molar-refractivity contribution in [1.82, 2.24) is 15.2 Å². The summed E-state index contributed by atoms with van der Waals surface area (Å²) in [4.78, 5) is 11.2. The Morgan fingerprint density at radius 1 is 1.40 bits per heavy atom. The van der Waals surface area contributed by atoms with Crippen molar-refractivity contribution in [2.75, 3.05) is 39.4 Å². The molecule has 1 saturated heterocycles. The molecule has 3 rings (SSSR count). The Hall–Kier alpha value is -1.17. The third-order valence-electron chi connectivity index (χ3n) is 3.76. The van der Waals surface area contributed by atoms with E-state index < -0.39 is 0 Å². The van der Waals surface area contributed by atoms with Crippen LogP contribution in [0.1, 0.15) is 12.1 Å². The summed E-state index contributed by atoms with van der Waals surface area (Å²) in [6.45, 7) is 6.06. The summed E-state index contributed by atoms with van der Waals surface area (Å²) in [5.74, 6) is 1.24. The highest BCUT2D eigenvalue weighted by Crippen LogP contribution is 2.24. The molecular weight excluding hydrogens is 453 g/mol. The van der Waals surface area contributed by atoms with Gasteiger partial charge in [-0.05, 0) is 25.1 Å². The number of thiazole rings is 1. The standard InChI is InChI=1S/C16H23N5O2S.HI/c17-16(18-4-2-5-21-6-9-22-10-7-21)19-11-13-12-24-15(20-13)14-3-1-8-23-14;/h1,3,8,12H,2,4-7,9-11H2,(H3,17,18,19);1H. The topological polar surface area (TPSA) is 88.9 Å². The number of nitrogens with two attached hydrogens (primary N) is 1. The van der Waals surface area contributed by atoms with Gasteiger partial charge in [-0.3, -0.25) is 4.90 Å². The first-order valence-corrected chi connectivity index (χ1v) is 9.01. The number of morpholine rings is 1. The predicted octanol–water partition coefficient (Wildman–Crippen LogP) is 2.15. The highest BCUT2D eigenvalue weighted by Gasteiger charge is 2.09. The molecule has 1 aliphatic heterocycles. The van der Waals surface area contributed by atoms with Gasteiger partial charge >= 0.3 is 0 Å². The number of guanidine groups is 1. The van der Waals surface area contributed by atoms with Crippen molar-refractivity contribution in [2.45, 2.75) is 13.0 Å². The lowest BCUT2D eigenvalue weighted by atomic mass is 10.3. The maximum atomic E-state index is 5.90. The van der Waals surface area contributed by atoms with Crippen LogP contribution < -0.4 is 11.1 Å². The van der Waals surface area contributed by atoms with E-state index in [0.717, 1.165) is 62.3 Å². The summed E-state index contributed by atoms with van der Waals surface area (Å²) in [5, 5.41) is 6.00. The van der Waals surface area contributed by atoms with E-state index in [1.165, 1.54) is 0 Å². The Morgan fingerprint density at radius 3 is 3.00 bits per heavy atom. The average Bonchev–Trinajstić information content (AvgIpc) is 3.29. The second kappa shape index (κ2) is 10.7. The fourth-order valence-electron chi connectivity index (χ4n) is 2.46. The van der Waals surface area contributed by atoms with E-state index in [9.17, 15) is 0 Å². The number of hydrogen-bond acceptors (Lipinski definition) is 6. The number of nitrogens with zero attached hydrogens (tertiary/aromatic N) is 3. The minimum Gasteiger partial charge on any atom is -0.462 e. The molecule has 2 aromatic rings. The number of hydrogen-bond donors (Lipinski definition) is 2. The zero-order chi connectivity index (χ0) is 16.6. The van der Waals surface area contributed by atoms with Gasteiger partial charge < -0.3 is 20.2 Å². The highest BCUT2D eigenvalue weighted by molar-refractivity contribution is 14.0. The van der Waals surface area contributed by atoms with Crippen LogP contribution in [0.2, 0.25) is 0 Å². The lowest BCUT2D eigenvalue weighted by Gasteiger charge is -2.26. The van der Waals surface area contributed by atoms with E-state index in [2.05, 4.69) is 20.2 Å². The second-order valence-electron chi connectivity index (χ2n) is 5.56. The molecule has 0 aromatic carbocycles. The SMILES string of the molecule is I.NC(=NCc1csc(-c2ccco2)n1)NCCCN1CCOCC1. The Bertz CT molecular complexity index is 641. The molecule has 0 radical (unpaired) electrons. The van der Waals surface area contributed by atoms with Gasteiger partial charge in [0.05, 0.1) is 31.7 Å². The highest BCUT2D eigenvalue weighted by atomic mass is 127. The summed E-state index contributed by atoms with van der Waals surface area (Å²) in [6.07, 6.45) is 2.68. The van der Waals surface area contributed by atoms with Crippen molar-refractivity contribution in [3.05, 3.63) is 29.5 Å². The van der Waals surface area contributed by atoms with Crippen molar-refractivity contribution >= 4 is 41.3 Å². The van der Waals surface area contributed by atoms with Gasteiger partial charge in [0.1, 0.15) is 0 Å². The van der Waals surface area contributed by atoms with Gasteiger partial charge in [0.2, 0.25) is 0 Å². The monoisotopic (exact) mass is 477 g/mol. The third kappa shape index (κ3) is 6.57. The number of aromatic nitrogens is 1. The Kier molecular flexibility index (Phi) is 8.65. The largest absolute Gasteiger partial charge is 0.462 e. The summed E-state index contributed by atoms with van der Waals surface area (Å²) in [7, 11) is 0. The van der Waals surface area contributed by atoms with Crippen LogP contribution in [0.15, 0.2) is 33.2 Å². The molecule has 0 amide bonds. The quantitative estimate of drug-likeness (QED) is 0.275. The fraction of sp³-hybridized carbons (Fsp3) is 0.500. The average molecular weight is 477 g/mol. The van der Waals surface area contributed by atoms with Gasteiger partial charge in [0, 0.05) is 25.0 Å². The maximum absolute atomic E-state index is 5.90. The molecule has 1 fully saturated rings. The van der Waals surface area contributed by atoms with Crippen LogP contribution in [0.5, 0.6) is 0 Å². The van der Waals surface area contributed by atoms with E-state index in [-0.39, 0.29) is 24.0 Å². The Morgan fingerprint density at radius 2 is 2.24 bits per heavy atom. The lowest BCUT2D eigenvalue weighted by Crippen LogP contribution is -2.39. The molecule has 0 atom stereocenters. The first-order chi connectivity index (χ1) is 11.8. The van der Waals surface area contributed by atoms with Crippen LogP contribution in [0.4, 0.5) is 0 Å². The van der Waals surface area contributed by atoms with E-state index >= 15 is 0 Å². The van der Waals surface area contributed by atoms with Crippen molar-refractivity contribution in [3.63, 3.8) is 0 Å². The second-order valence-corrected chi connectivity index (χ2v) is 6.42. The number of furan rings is 1. The van der Waals surface area contributed by atoms with Gasteiger partial charge in [0.25, 0.3) is 0 Å². The first-order valence-electron chi connectivity index (χ1n) is 8.13. The van der Waals surface area contributed by atoms with Crippen molar-refractivity contribution in [1.29, 1.82) is 0 Å². The van der Waals surface area contributed by atoms with Crippen LogP contribution in [-0.2, 0) is 11.3 Å². The Labute approximate surface area is 168 Å². The summed E-state index contributed by atoms with van der Waals surface area (Å²) >= 11 is 1.55. The van der Waals surface area contributed by atoms with Crippen LogP contribution in [0.3, 0.4) is 0 Å². The Balaban J connectivity index is 0.00000225. The zero-order valence-corrected chi connectivity index (χ0v) is 17.2. The molecule has 7 nitrogen and oxygen atoms in total. The number of nitrogens with one attached hydrogen (secondary N) is 1. The summed E-state index contributed by atoms with van der Waals surface area (Å²) < 4.78 is 10.7. The number of aliphatic imine (C=N–C) groups is 1. The van der Waals surface area contributed by atoms with E-state index in [4.69, 9.17) is 14.9 Å². The van der Waals surface area contributed by atoms with Gasteiger partial charge in [-0.25, -0.2) is 9.98 Å². The molecule has 0 spiro atoms. The van der Waals surface area contributed by atoms with E-state index in [1.54, 1.807) is 17.6 Å². The minimum absolute atomic E-state index is 0. The van der Waals surface area contributed by atoms with Crippen molar-refractivity contribution < 1.29 is 9.15 Å². The molecule has 0 aliphatic carbocycles. The summed E-state index contributed by atoms with van der Waals surface area (Å²) in [5.41, 5.74) is 6.80. The molecule has 3 N–H and O–H groups in total. The van der Waals surface area contributed by atoms with Gasteiger partial charge in [-0.2, -0.15) is 0 Å². The van der Waals surface area contributed by atoms with Crippen molar-refractivity contribution in [2.24, 2.45) is 10.7 Å². The van der Waals surface area contributed by atoms with Crippen LogP contribution >= 0.6 is 35.3 Å². The fourth-order valence-corrected chi connectivity index (χ4v) is 3.24. The minimum atomic E-state index is 0. The van der Waals surface area contributed by atoms with E-state index in [1.807, 2.05) is 17.5 Å². The lowest BCUT2D eigenvalue weighted by molar-refractivity contribution is 0.0376. The molecule has 25 heavy (non-hydrogen) atoms. The van der Waals surface area contributed by atoms with Gasteiger partial charge in [-0.1, -0.05) is 0 Å². The molecule has 0 bridgehead atoms.